The third-order valence-electron chi connectivity index (χ3n) is 2.55. The van der Waals surface area contributed by atoms with E-state index in [0.29, 0.717) is 21.4 Å². The highest BCUT2D eigenvalue weighted by Crippen LogP contribution is 2.40. The monoisotopic (exact) mass is 276 g/mol. The number of halogens is 2. The van der Waals surface area contributed by atoms with Gasteiger partial charge in [0.25, 0.3) is 0 Å². The van der Waals surface area contributed by atoms with Gasteiger partial charge >= 0.3 is 5.97 Å². The van der Waals surface area contributed by atoms with Crippen LogP contribution in [-0.2, 0) is 10.2 Å². The topological polar surface area (TPSA) is 46.5 Å². The van der Waals surface area contributed by atoms with E-state index in [1.54, 1.807) is 26.0 Å². The Morgan fingerprint density at radius 3 is 2.47 bits per heavy atom. The van der Waals surface area contributed by atoms with Crippen molar-refractivity contribution in [1.82, 2.24) is 0 Å². The molecule has 0 fully saturated rings. The molecule has 0 unspecified atom stereocenters. The van der Waals surface area contributed by atoms with Gasteiger partial charge in [0.2, 0.25) is 0 Å². The molecular formula is C12H14Cl2O3. The third-order valence-corrected chi connectivity index (χ3v) is 3.15. The predicted molar refractivity (Wildman–Crippen MR) is 68.3 cm³/mol. The van der Waals surface area contributed by atoms with Gasteiger partial charge in [-0.15, -0.1) is 0 Å². The van der Waals surface area contributed by atoms with Gasteiger partial charge in [0.15, 0.2) is 0 Å². The van der Waals surface area contributed by atoms with Crippen LogP contribution in [-0.4, -0.2) is 18.2 Å². The second-order valence-electron chi connectivity index (χ2n) is 4.42. The molecular weight excluding hydrogens is 263 g/mol. The maximum absolute atomic E-state index is 10.8. The van der Waals surface area contributed by atoms with Crippen molar-refractivity contribution >= 4 is 29.2 Å². The number of hydrogen-bond donors (Lipinski definition) is 1. The number of hydrogen-bond acceptors (Lipinski definition) is 2. The van der Waals surface area contributed by atoms with Crippen LogP contribution in [0.15, 0.2) is 12.1 Å². The van der Waals surface area contributed by atoms with Gasteiger partial charge in [-0.25, -0.2) is 0 Å². The summed E-state index contributed by atoms with van der Waals surface area (Å²) in [5.74, 6) is -0.433. The zero-order valence-electron chi connectivity index (χ0n) is 9.88. The molecule has 1 aromatic carbocycles. The minimum Gasteiger partial charge on any atom is -0.495 e. The summed E-state index contributed by atoms with van der Waals surface area (Å²) < 4.78 is 5.10. The molecule has 0 bridgehead atoms. The molecule has 0 amide bonds. The van der Waals surface area contributed by atoms with Gasteiger partial charge in [0, 0.05) is 16.5 Å². The minimum absolute atomic E-state index is 0.0315. The van der Waals surface area contributed by atoms with Crippen molar-refractivity contribution in [2.24, 2.45) is 0 Å². The fourth-order valence-corrected chi connectivity index (χ4v) is 2.33. The molecule has 0 saturated heterocycles. The summed E-state index contributed by atoms with van der Waals surface area (Å²) in [5, 5.41) is 9.77. The highest BCUT2D eigenvalue weighted by atomic mass is 35.5. The van der Waals surface area contributed by atoms with E-state index in [1.165, 1.54) is 7.11 Å². The van der Waals surface area contributed by atoms with Gasteiger partial charge in [-0.2, -0.15) is 0 Å². The van der Waals surface area contributed by atoms with E-state index < -0.39 is 11.4 Å². The molecule has 1 aromatic rings. The molecule has 0 atom stereocenters. The van der Waals surface area contributed by atoms with Crippen LogP contribution in [0.5, 0.6) is 5.75 Å². The van der Waals surface area contributed by atoms with Gasteiger partial charge in [-0.05, 0) is 11.6 Å². The molecule has 0 saturated carbocycles. The molecule has 94 valence electrons. The fourth-order valence-electron chi connectivity index (χ4n) is 1.68. The van der Waals surface area contributed by atoms with Crippen LogP contribution in [0.25, 0.3) is 0 Å². The molecule has 5 heteroatoms. The first-order valence-corrected chi connectivity index (χ1v) is 5.79. The molecule has 0 spiro atoms. The zero-order valence-corrected chi connectivity index (χ0v) is 11.4. The van der Waals surface area contributed by atoms with Gasteiger partial charge in [0.05, 0.1) is 18.6 Å². The molecule has 0 aliphatic heterocycles. The van der Waals surface area contributed by atoms with Crippen LogP contribution in [0.2, 0.25) is 10.0 Å². The van der Waals surface area contributed by atoms with Crippen molar-refractivity contribution in [3.63, 3.8) is 0 Å². The standard InChI is InChI=1S/C12H14Cl2O3/c1-12(2,6-10(15)16)8-4-7(13)5-9(17-3)11(8)14/h4-5H,6H2,1-3H3,(H,15,16). The number of carbonyl (C=O) groups is 1. The van der Waals surface area contributed by atoms with E-state index in [4.69, 9.17) is 33.0 Å². The minimum atomic E-state index is -0.884. The van der Waals surface area contributed by atoms with Crippen molar-refractivity contribution in [3.05, 3.63) is 27.7 Å². The van der Waals surface area contributed by atoms with Crippen molar-refractivity contribution in [2.75, 3.05) is 7.11 Å². The molecule has 0 heterocycles. The molecule has 0 aliphatic carbocycles. The van der Waals surface area contributed by atoms with Crippen molar-refractivity contribution < 1.29 is 14.6 Å². The number of methoxy groups -OCH3 is 1. The fraction of sp³-hybridized carbons (Fsp3) is 0.417. The van der Waals surface area contributed by atoms with Crippen molar-refractivity contribution in [2.45, 2.75) is 25.7 Å². The summed E-state index contributed by atoms with van der Waals surface area (Å²) in [6.45, 7) is 3.61. The molecule has 17 heavy (non-hydrogen) atoms. The number of carboxylic acid groups (broad SMARTS) is 1. The quantitative estimate of drug-likeness (QED) is 0.911. The average Bonchev–Trinajstić information content (AvgIpc) is 2.18. The summed E-state index contributed by atoms with van der Waals surface area (Å²) in [6.07, 6.45) is -0.0315. The zero-order chi connectivity index (χ0) is 13.2. The van der Waals surface area contributed by atoms with E-state index in [0.717, 1.165) is 0 Å². The normalized spacial score (nSPS) is 11.4. The second-order valence-corrected chi connectivity index (χ2v) is 5.24. The summed E-state index contributed by atoms with van der Waals surface area (Å²) in [4.78, 5) is 10.8. The summed E-state index contributed by atoms with van der Waals surface area (Å²) in [6, 6.07) is 3.28. The third kappa shape index (κ3) is 3.27. The summed E-state index contributed by atoms with van der Waals surface area (Å²) in [5.41, 5.74) is 0.0621. The molecule has 1 N–H and O–H groups in total. The highest BCUT2D eigenvalue weighted by molar-refractivity contribution is 6.35. The SMILES string of the molecule is COc1cc(Cl)cc(C(C)(C)CC(=O)O)c1Cl. The Labute approximate surface area is 110 Å². The Kier molecular flexibility index (Phi) is 4.28. The lowest BCUT2D eigenvalue weighted by Gasteiger charge is -2.25. The van der Waals surface area contributed by atoms with Gasteiger partial charge in [-0.3, -0.25) is 4.79 Å². The lowest BCUT2D eigenvalue weighted by Crippen LogP contribution is -2.22. The van der Waals surface area contributed by atoms with Crippen LogP contribution < -0.4 is 4.74 Å². The number of rotatable bonds is 4. The predicted octanol–water partition coefficient (Wildman–Crippen LogP) is 3.75. The summed E-state index contributed by atoms with van der Waals surface area (Å²) >= 11 is 12.1. The Morgan fingerprint density at radius 1 is 1.41 bits per heavy atom. The summed E-state index contributed by atoms with van der Waals surface area (Å²) in [7, 11) is 1.49. The van der Waals surface area contributed by atoms with Gasteiger partial charge < -0.3 is 9.84 Å². The molecule has 0 aromatic heterocycles. The highest BCUT2D eigenvalue weighted by Gasteiger charge is 2.28. The number of aliphatic carboxylic acids is 1. The first kappa shape index (κ1) is 14.1. The maximum Gasteiger partial charge on any atom is 0.304 e. The largest absolute Gasteiger partial charge is 0.495 e. The van der Waals surface area contributed by atoms with E-state index in [1.807, 2.05) is 0 Å². The number of benzene rings is 1. The Hall–Kier alpha value is -0.930. The Morgan fingerprint density at radius 2 is 2.00 bits per heavy atom. The second kappa shape index (κ2) is 5.15. The lowest BCUT2D eigenvalue weighted by molar-refractivity contribution is -0.138. The smallest absolute Gasteiger partial charge is 0.304 e. The van der Waals surface area contributed by atoms with Crippen molar-refractivity contribution in [1.29, 1.82) is 0 Å². The van der Waals surface area contributed by atoms with Gasteiger partial charge in [-0.1, -0.05) is 37.0 Å². The van der Waals surface area contributed by atoms with Crippen LogP contribution in [0.3, 0.4) is 0 Å². The van der Waals surface area contributed by atoms with Crippen LogP contribution in [0.1, 0.15) is 25.8 Å². The number of ether oxygens (including phenoxy) is 1. The lowest BCUT2D eigenvalue weighted by atomic mass is 9.81. The first-order valence-electron chi connectivity index (χ1n) is 5.03. The molecule has 1 rings (SSSR count). The van der Waals surface area contributed by atoms with E-state index in [-0.39, 0.29) is 6.42 Å². The number of carboxylic acids is 1. The molecule has 0 radical (unpaired) electrons. The molecule has 3 nitrogen and oxygen atoms in total. The first-order chi connectivity index (χ1) is 7.77. The van der Waals surface area contributed by atoms with E-state index in [2.05, 4.69) is 0 Å². The van der Waals surface area contributed by atoms with Crippen LogP contribution in [0, 0.1) is 0 Å². The Bertz CT molecular complexity index is 442. The average molecular weight is 277 g/mol. The Balaban J connectivity index is 3.29. The van der Waals surface area contributed by atoms with Crippen molar-refractivity contribution in [3.8, 4) is 5.75 Å². The maximum atomic E-state index is 10.8. The van der Waals surface area contributed by atoms with E-state index >= 15 is 0 Å². The van der Waals surface area contributed by atoms with Crippen LogP contribution in [0.4, 0.5) is 0 Å². The van der Waals surface area contributed by atoms with E-state index in [9.17, 15) is 4.79 Å². The molecule has 0 aliphatic rings. The van der Waals surface area contributed by atoms with Gasteiger partial charge in [0.1, 0.15) is 5.75 Å². The van der Waals surface area contributed by atoms with Crippen LogP contribution >= 0.6 is 23.2 Å².